The largest absolute Gasteiger partial charge is 0.486 e. The summed E-state index contributed by atoms with van der Waals surface area (Å²) in [6.45, 7) is 0.333. The SMILES string of the molecule is O=C1NC(=O)N(c2ccc(C34CC5CC(CC(C5)C3)C4)cc2)C(=O)/C1=C/c1cc(Cl)c(OCc2ccccc2)c(Br)c1. The molecule has 0 aromatic heterocycles. The fourth-order valence-electron chi connectivity index (χ4n) is 8.02. The average Bonchev–Trinajstić information content (AvgIpc) is 2.95. The highest BCUT2D eigenvalue weighted by Gasteiger charge is 2.51. The third-order valence-electron chi connectivity index (χ3n) is 9.44. The van der Waals surface area contributed by atoms with Crippen molar-refractivity contribution in [3.63, 3.8) is 0 Å². The van der Waals surface area contributed by atoms with Crippen LogP contribution in [0.25, 0.3) is 6.08 Å². The zero-order valence-electron chi connectivity index (χ0n) is 22.9. The quantitative estimate of drug-likeness (QED) is 0.219. The highest BCUT2D eigenvalue weighted by Crippen LogP contribution is 2.60. The first-order chi connectivity index (χ1) is 20.3. The second-order valence-corrected chi connectivity index (χ2v) is 13.6. The zero-order valence-corrected chi connectivity index (χ0v) is 25.3. The molecule has 4 aliphatic carbocycles. The van der Waals surface area contributed by atoms with Crippen molar-refractivity contribution < 1.29 is 19.1 Å². The average molecular weight is 646 g/mol. The number of nitrogens with zero attached hydrogens (tertiary/aromatic N) is 1. The fourth-order valence-corrected chi connectivity index (χ4v) is 9.01. The van der Waals surface area contributed by atoms with Crippen molar-refractivity contribution >= 4 is 57.1 Å². The Morgan fingerprint density at radius 2 is 1.57 bits per heavy atom. The number of carbonyl (C=O) groups excluding carboxylic acids is 3. The third-order valence-corrected chi connectivity index (χ3v) is 10.3. The molecule has 3 aromatic carbocycles. The molecule has 0 spiro atoms. The number of nitrogens with one attached hydrogen (secondary N) is 1. The van der Waals surface area contributed by atoms with Crippen LogP contribution < -0.4 is 15.0 Å². The lowest BCUT2D eigenvalue weighted by atomic mass is 9.48. The Bertz CT molecular complexity index is 1560. The van der Waals surface area contributed by atoms with Crippen LogP contribution in [-0.4, -0.2) is 17.8 Å². The number of hydrogen-bond donors (Lipinski definition) is 1. The summed E-state index contributed by atoms with van der Waals surface area (Å²) in [5, 5.41) is 2.64. The number of imide groups is 2. The number of anilines is 1. The Hall–Kier alpha value is -3.42. The van der Waals surface area contributed by atoms with Gasteiger partial charge in [-0.05, 0) is 125 Å². The Kier molecular flexibility index (Phi) is 6.98. The fraction of sp³-hybridized carbons (Fsp3) is 0.324. The van der Waals surface area contributed by atoms with E-state index in [9.17, 15) is 14.4 Å². The predicted molar refractivity (Wildman–Crippen MR) is 165 cm³/mol. The van der Waals surface area contributed by atoms with Gasteiger partial charge < -0.3 is 4.74 Å². The minimum atomic E-state index is -0.756. The van der Waals surface area contributed by atoms with E-state index in [0.717, 1.165) is 28.2 Å². The van der Waals surface area contributed by atoms with E-state index < -0.39 is 17.8 Å². The summed E-state index contributed by atoms with van der Waals surface area (Å²) in [6.07, 6.45) is 9.25. The lowest BCUT2D eigenvalue weighted by molar-refractivity contribution is -0.122. The normalized spacial score (nSPS) is 27.5. The molecule has 0 radical (unpaired) electrons. The number of urea groups is 1. The molecule has 5 aliphatic rings. The predicted octanol–water partition coefficient (Wildman–Crippen LogP) is 7.82. The second-order valence-electron chi connectivity index (χ2n) is 12.3. The Labute approximate surface area is 258 Å². The minimum Gasteiger partial charge on any atom is -0.486 e. The van der Waals surface area contributed by atoms with Gasteiger partial charge in [-0.15, -0.1) is 0 Å². The van der Waals surface area contributed by atoms with Gasteiger partial charge in [-0.3, -0.25) is 14.9 Å². The lowest BCUT2D eigenvalue weighted by Gasteiger charge is -2.57. The van der Waals surface area contributed by atoms with Crippen LogP contribution in [0.15, 0.2) is 76.8 Å². The smallest absolute Gasteiger partial charge is 0.335 e. The monoisotopic (exact) mass is 644 g/mol. The van der Waals surface area contributed by atoms with Crippen molar-refractivity contribution in [1.82, 2.24) is 5.32 Å². The van der Waals surface area contributed by atoms with Crippen LogP contribution in [0.2, 0.25) is 5.02 Å². The molecule has 5 fully saturated rings. The van der Waals surface area contributed by atoms with E-state index in [2.05, 4.69) is 33.4 Å². The summed E-state index contributed by atoms with van der Waals surface area (Å²) in [7, 11) is 0. The van der Waals surface area contributed by atoms with Gasteiger partial charge in [-0.25, -0.2) is 9.69 Å². The maximum absolute atomic E-state index is 13.6. The van der Waals surface area contributed by atoms with Gasteiger partial charge in [0.05, 0.1) is 15.2 Å². The number of hydrogen-bond acceptors (Lipinski definition) is 4. The molecule has 214 valence electrons. The molecule has 1 saturated heterocycles. The van der Waals surface area contributed by atoms with E-state index in [1.807, 2.05) is 42.5 Å². The van der Waals surface area contributed by atoms with Gasteiger partial charge in [0.25, 0.3) is 11.8 Å². The maximum atomic E-state index is 13.6. The van der Waals surface area contributed by atoms with Gasteiger partial charge in [-0.2, -0.15) is 0 Å². The zero-order chi connectivity index (χ0) is 29.0. The van der Waals surface area contributed by atoms with Crippen LogP contribution in [0, 0.1) is 17.8 Å². The lowest BCUT2D eigenvalue weighted by Crippen LogP contribution is -2.54. The summed E-state index contributed by atoms with van der Waals surface area (Å²) in [5.74, 6) is 1.50. The summed E-state index contributed by atoms with van der Waals surface area (Å²) in [5.41, 5.74) is 3.31. The molecule has 6 nitrogen and oxygen atoms in total. The van der Waals surface area contributed by atoms with Crippen LogP contribution in [0.5, 0.6) is 5.75 Å². The third kappa shape index (κ3) is 4.96. The van der Waals surface area contributed by atoms with E-state index >= 15 is 0 Å². The van der Waals surface area contributed by atoms with Crippen LogP contribution in [0.3, 0.4) is 0 Å². The van der Waals surface area contributed by atoms with Crippen molar-refractivity contribution in [2.24, 2.45) is 17.8 Å². The van der Waals surface area contributed by atoms with Gasteiger partial charge in [0.15, 0.2) is 5.75 Å². The standard InChI is InChI=1S/C34H30BrClN2O4/c35-28-14-21(15-29(36)30(28)42-19-20-4-2-1-3-5-20)13-27-31(39)37-33(41)38(32(27)40)26-8-6-25(7-9-26)34-16-22-10-23(17-34)12-24(11-22)18-34/h1-9,13-15,22-24H,10-12,16-19H2,(H,37,39,41)/b27-13+. The van der Waals surface area contributed by atoms with Crippen LogP contribution >= 0.6 is 27.5 Å². The first-order valence-electron chi connectivity index (χ1n) is 14.5. The number of barbiturate groups is 1. The molecule has 4 saturated carbocycles. The van der Waals surface area contributed by atoms with Gasteiger partial charge in [-0.1, -0.05) is 54.1 Å². The van der Waals surface area contributed by atoms with Crippen molar-refractivity contribution in [2.75, 3.05) is 4.90 Å². The van der Waals surface area contributed by atoms with E-state index in [1.165, 1.54) is 50.2 Å². The molecule has 1 N–H and O–H groups in total. The Morgan fingerprint density at radius 1 is 0.929 bits per heavy atom. The molecule has 4 bridgehead atoms. The van der Waals surface area contributed by atoms with Gasteiger partial charge in [0.1, 0.15) is 12.2 Å². The number of rotatable bonds is 6. The van der Waals surface area contributed by atoms with Crippen molar-refractivity contribution in [1.29, 1.82) is 0 Å². The molecule has 42 heavy (non-hydrogen) atoms. The summed E-state index contributed by atoms with van der Waals surface area (Å²) in [4.78, 5) is 40.2. The summed E-state index contributed by atoms with van der Waals surface area (Å²) >= 11 is 10.0. The number of benzene rings is 3. The van der Waals surface area contributed by atoms with Crippen molar-refractivity contribution in [2.45, 2.75) is 50.5 Å². The molecule has 0 unspecified atom stereocenters. The topological polar surface area (TPSA) is 75.7 Å². The molecular weight excluding hydrogens is 616 g/mol. The second kappa shape index (κ2) is 10.7. The maximum Gasteiger partial charge on any atom is 0.335 e. The Morgan fingerprint density at radius 3 is 2.19 bits per heavy atom. The van der Waals surface area contributed by atoms with E-state index in [-0.39, 0.29) is 11.0 Å². The van der Waals surface area contributed by atoms with Gasteiger partial charge in [0, 0.05) is 0 Å². The molecule has 4 amide bonds. The van der Waals surface area contributed by atoms with E-state index in [1.54, 1.807) is 12.1 Å². The number of amides is 4. The van der Waals surface area contributed by atoms with Crippen LogP contribution in [-0.2, 0) is 21.6 Å². The van der Waals surface area contributed by atoms with Crippen LogP contribution in [0.4, 0.5) is 10.5 Å². The number of ether oxygens (including phenoxy) is 1. The van der Waals surface area contributed by atoms with E-state index in [0.29, 0.717) is 33.1 Å². The first kappa shape index (κ1) is 27.4. The number of halogens is 2. The minimum absolute atomic E-state index is 0.152. The van der Waals surface area contributed by atoms with Gasteiger partial charge in [0.2, 0.25) is 0 Å². The van der Waals surface area contributed by atoms with Gasteiger partial charge >= 0.3 is 6.03 Å². The Balaban J connectivity index is 1.12. The summed E-state index contributed by atoms with van der Waals surface area (Å²) in [6, 6.07) is 20.1. The molecule has 3 aromatic rings. The van der Waals surface area contributed by atoms with Crippen LogP contribution in [0.1, 0.15) is 55.2 Å². The highest BCUT2D eigenvalue weighted by molar-refractivity contribution is 9.10. The first-order valence-corrected chi connectivity index (χ1v) is 15.6. The molecule has 1 heterocycles. The van der Waals surface area contributed by atoms with E-state index in [4.69, 9.17) is 16.3 Å². The highest BCUT2D eigenvalue weighted by atomic mass is 79.9. The molecule has 1 aliphatic heterocycles. The van der Waals surface area contributed by atoms with Crippen molar-refractivity contribution in [3.05, 3.63) is 98.5 Å². The molecule has 0 atom stereocenters. The molecule has 8 heteroatoms. The molecule has 8 rings (SSSR count). The molecular formula is C34H30BrClN2O4. The number of carbonyl (C=O) groups is 3. The van der Waals surface area contributed by atoms with Crippen molar-refractivity contribution in [3.8, 4) is 5.75 Å². The summed E-state index contributed by atoms with van der Waals surface area (Å²) < 4.78 is 6.50.